The number of nitrogens with zero attached hydrogens (tertiary/aromatic N) is 4. The summed E-state index contributed by atoms with van der Waals surface area (Å²) in [5.41, 5.74) is -0.724. The van der Waals surface area contributed by atoms with E-state index in [0.29, 0.717) is 18.3 Å². The maximum absolute atomic E-state index is 13.1. The van der Waals surface area contributed by atoms with Crippen molar-refractivity contribution in [2.45, 2.75) is 45.8 Å². The number of nitrogens with one attached hydrogen (secondary N) is 1. The maximum atomic E-state index is 13.1. The summed E-state index contributed by atoms with van der Waals surface area (Å²) in [7, 11) is 0. The molecule has 0 aromatic carbocycles. The van der Waals surface area contributed by atoms with Gasteiger partial charge in [0.2, 0.25) is 0 Å². The highest BCUT2D eigenvalue weighted by molar-refractivity contribution is 5.91. The molecule has 0 spiro atoms. The molecular weight excluding hydrogens is 394 g/mol. The lowest BCUT2D eigenvalue weighted by atomic mass is 10.2. The van der Waals surface area contributed by atoms with Crippen molar-refractivity contribution in [2.24, 2.45) is 0 Å². The number of carbonyl (C=O) groups is 1. The number of alkyl halides is 4. The molecule has 3 heterocycles. The second-order valence-electron chi connectivity index (χ2n) is 6.31. The van der Waals surface area contributed by atoms with Crippen LogP contribution in [0, 0.1) is 0 Å². The van der Waals surface area contributed by atoms with Crippen LogP contribution in [0.4, 0.5) is 17.6 Å². The van der Waals surface area contributed by atoms with Gasteiger partial charge < -0.3 is 9.73 Å². The molecule has 0 saturated carbocycles. The van der Waals surface area contributed by atoms with Crippen molar-refractivity contribution in [3.05, 3.63) is 59.1 Å². The Hall–Kier alpha value is -3.11. The zero-order chi connectivity index (χ0) is 21.1. The molecule has 29 heavy (non-hydrogen) atoms. The Kier molecular flexibility index (Phi) is 6.04. The Morgan fingerprint density at radius 3 is 2.52 bits per heavy atom. The summed E-state index contributed by atoms with van der Waals surface area (Å²) in [5.74, 6) is -0.428. The van der Waals surface area contributed by atoms with Gasteiger partial charge in [-0.25, -0.2) is 17.6 Å². The Bertz CT molecular complexity index is 979. The van der Waals surface area contributed by atoms with Gasteiger partial charge in [0.1, 0.15) is 17.1 Å². The molecule has 11 heteroatoms. The van der Waals surface area contributed by atoms with Gasteiger partial charge >= 0.3 is 0 Å². The number of carbonyl (C=O) groups excluding carboxylic acids is 1. The number of aryl methyl sites for hydroxylation is 1. The number of amides is 1. The van der Waals surface area contributed by atoms with Crippen LogP contribution in [0.15, 0.2) is 34.9 Å². The highest BCUT2D eigenvalue weighted by atomic mass is 19.3. The zero-order valence-electron chi connectivity index (χ0n) is 15.7. The molecule has 1 amide bonds. The van der Waals surface area contributed by atoms with Crippen molar-refractivity contribution >= 4 is 5.91 Å². The van der Waals surface area contributed by atoms with E-state index in [9.17, 15) is 22.4 Å². The first-order valence-corrected chi connectivity index (χ1v) is 8.85. The van der Waals surface area contributed by atoms with Gasteiger partial charge in [-0.15, -0.1) is 0 Å². The van der Waals surface area contributed by atoms with Crippen LogP contribution in [-0.2, 0) is 13.1 Å². The second-order valence-corrected chi connectivity index (χ2v) is 6.31. The van der Waals surface area contributed by atoms with Crippen molar-refractivity contribution in [3.63, 3.8) is 0 Å². The van der Waals surface area contributed by atoms with Crippen LogP contribution >= 0.6 is 0 Å². The first-order chi connectivity index (χ1) is 13.8. The van der Waals surface area contributed by atoms with Crippen LogP contribution in [0.3, 0.4) is 0 Å². The number of halogens is 4. The third-order valence-corrected chi connectivity index (χ3v) is 4.24. The molecular formula is C18H19F4N5O2. The smallest absolute Gasteiger partial charge is 0.287 e. The number of hydrogen-bond donors (Lipinski definition) is 1. The Morgan fingerprint density at radius 1 is 1.14 bits per heavy atom. The number of rotatable bonds is 8. The fourth-order valence-electron chi connectivity index (χ4n) is 2.72. The Labute approximate surface area is 163 Å². The van der Waals surface area contributed by atoms with E-state index in [1.165, 1.54) is 12.1 Å². The van der Waals surface area contributed by atoms with Crippen molar-refractivity contribution in [3.8, 4) is 0 Å². The summed E-state index contributed by atoms with van der Waals surface area (Å²) in [6, 6.07) is 4.84. The predicted octanol–water partition coefficient (Wildman–Crippen LogP) is 4.11. The molecule has 0 aliphatic heterocycles. The largest absolute Gasteiger partial charge is 0.454 e. The summed E-state index contributed by atoms with van der Waals surface area (Å²) in [5, 5.41) is 10.5. The third-order valence-electron chi connectivity index (χ3n) is 4.24. The van der Waals surface area contributed by atoms with Crippen molar-refractivity contribution in [1.82, 2.24) is 24.9 Å². The normalized spacial score (nSPS) is 12.7. The zero-order valence-corrected chi connectivity index (χ0v) is 15.7. The first-order valence-electron chi connectivity index (χ1n) is 8.85. The SMILES string of the molecule is CCn1ccc(C(C)NC(=O)c2ccc(Cn3nc(C(F)F)cc3C(F)F)o2)n1. The Balaban J connectivity index is 1.69. The quantitative estimate of drug-likeness (QED) is 0.564. The molecule has 3 rings (SSSR count). The van der Waals surface area contributed by atoms with E-state index in [4.69, 9.17) is 4.42 Å². The molecule has 0 fully saturated rings. The number of aromatic nitrogens is 4. The molecule has 1 unspecified atom stereocenters. The molecule has 3 aromatic heterocycles. The molecule has 3 aromatic rings. The Morgan fingerprint density at radius 2 is 1.90 bits per heavy atom. The van der Waals surface area contributed by atoms with Crippen LogP contribution in [0.2, 0.25) is 0 Å². The summed E-state index contributed by atoms with van der Waals surface area (Å²) in [6.07, 6.45) is -4.15. The van der Waals surface area contributed by atoms with Gasteiger partial charge in [-0.2, -0.15) is 10.2 Å². The molecule has 1 atom stereocenters. The third kappa shape index (κ3) is 4.66. The van der Waals surface area contributed by atoms with Gasteiger partial charge in [0.25, 0.3) is 18.8 Å². The van der Waals surface area contributed by atoms with E-state index >= 15 is 0 Å². The summed E-state index contributed by atoms with van der Waals surface area (Å²) in [4.78, 5) is 12.4. The molecule has 0 saturated heterocycles. The topological polar surface area (TPSA) is 77.9 Å². The van der Waals surface area contributed by atoms with Crippen molar-refractivity contribution < 1.29 is 26.8 Å². The molecule has 0 aliphatic carbocycles. The van der Waals surface area contributed by atoms with Crippen molar-refractivity contribution in [1.29, 1.82) is 0 Å². The number of furan rings is 1. The van der Waals surface area contributed by atoms with E-state index < -0.39 is 30.1 Å². The predicted molar refractivity (Wildman–Crippen MR) is 93.7 cm³/mol. The summed E-state index contributed by atoms with van der Waals surface area (Å²) in [6.45, 7) is 4.09. The number of hydrogen-bond acceptors (Lipinski definition) is 4. The average molecular weight is 413 g/mol. The summed E-state index contributed by atoms with van der Waals surface area (Å²) < 4.78 is 59.5. The van der Waals surface area contributed by atoms with Gasteiger partial charge in [0.05, 0.1) is 18.3 Å². The molecule has 0 aliphatic rings. The fraction of sp³-hybridized carbons (Fsp3) is 0.389. The monoisotopic (exact) mass is 413 g/mol. The second kappa shape index (κ2) is 8.50. The van der Waals surface area contributed by atoms with Crippen LogP contribution < -0.4 is 5.32 Å². The van der Waals surface area contributed by atoms with E-state index in [0.717, 1.165) is 4.68 Å². The van der Waals surface area contributed by atoms with E-state index in [-0.39, 0.29) is 24.1 Å². The average Bonchev–Trinajstić information content (AvgIpc) is 3.41. The van der Waals surface area contributed by atoms with Crippen LogP contribution in [0.25, 0.3) is 0 Å². The van der Waals surface area contributed by atoms with E-state index in [1.54, 1.807) is 23.9 Å². The minimum Gasteiger partial charge on any atom is -0.454 e. The highest BCUT2D eigenvalue weighted by Gasteiger charge is 2.22. The molecule has 1 N–H and O–H groups in total. The summed E-state index contributed by atoms with van der Waals surface area (Å²) >= 11 is 0. The van der Waals surface area contributed by atoms with Crippen molar-refractivity contribution in [2.75, 3.05) is 0 Å². The van der Waals surface area contributed by atoms with Gasteiger partial charge in [-0.3, -0.25) is 14.2 Å². The van der Waals surface area contributed by atoms with E-state index in [1.807, 2.05) is 6.92 Å². The van der Waals surface area contributed by atoms with Crippen LogP contribution in [0.5, 0.6) is 0 Å². The van der Waals surface area contributed by atoms with E-state index in [2.05, 4.69) is 15.5 Å². The molecule has 7 nitrogen and oxygen atoms in total. The highest BCUT2D eigenvalue weighted by Crippen LogP contribution is 2.26. The lowest BCUT2D eigenvalue weighted by Crippen LogP contribution is -2.26. The maximum Gasteiger partial charge on any atom is 0.287 e. The lowest BCUT2D eigenvalue weighted by Gasteiger charge is -2.10. The van der Waals surface area contributed by atoms with Crippen LogP contribution in [-0.4, -0.2) is 25.5 Å². The minimum absolute atomic E-state index is 0.0402. The first kappa shape index (κ1) is 20.6. The van der Waals surface area contributed by atoms with Gasteiger partial charge in [-0.1, -0.05) is 0 Å². The van der Waals surface area contributed by atoms with Gasteiger partial charge in [-0.05, 0) is 38.1 Å². The molecule has 156 valence electrons. The van der Waals surface area contributed by atoms with Gasteiger partial charge in [0, 0.05) is 12.7 Å². The molecule has 0 radical (unpaired) electrons. The molecule has 0 bridgehead atoms. The van der Waals surface area contributed by atoms with Gasteiger partial charge in [0.15, 0.2) is 5.76 Å². The fourth-order valence-corrected chi connectivity index (χ4v) is 2.72. The standard InChI is InChI=1S/C18H19F4N5O2/c1-3-26-7-6-12(24-26)10(2)23-18(28)15-5-4-11(29-15)9-27-14(17(21)22)8-13(25-27)16(19)20/h4-8,10,16-17H,3,9H2,1-2H3,(H,23,28). The minimum atomic E-state index is -2.98. The lowest BCUT2D eigenvalue weighted by molar-refractivity contribution is 0.0908. The van der Waals surface area contributed by atoms with Crippen LogP contribution in [0.1, 0.15) is 66.1 Å².